The van der Waals surface area contributed by atoms with E-state index in [-0.39, 0.29) is 6.04 Å². The highest BCUT2D eigenvalue weighted by Crippen LogP contribution is 2.18. The third-order valence-electron chi connectivity index (χ3n) is 2.50. The van der Waals surface area contributed by atoms with E-state index in [4.69, 9.17) is 0 Å². The lowest BCUT2D eigenvalue weighted by Gasteiger charge is -2.31. The first-order valence-electron chi connectivity index (χ1n) is 4.67. The maximum Gasteiger partial charge on any atom is 0.209 e. The molecule has 1 saturated carbocycles. The van der Waals surface area contributed by atoms with Gasteiger partial charge in [-0.1, -0.05) is 12.8 Å². The van der Waals surface area contributed by atoms with Crippen LogP contribution < -0.4 is 10.0 Å². The van der Waals surface area contributed by atoms with E-state index >= 15 is 0 Å². The Morgan fingerprint density at radius 1 is 1.15 bits per heavy atom. The zero-order valence-corrected chi connectivity index (χ0v) is 9.02. The fraction of sp³-hybridized carbons (Fsp3) is 1.00. The Labute approximate surface area is 80.1 Å². The molecule has 1 rings (SSSR count). The molecule has 4 nitrogen and oxygen atoms in total. The Kier molecular flexibility index (Phi) is 3.70. The highest BCUT2D eigenvalue weighted by molar-refractivity contribution is 7.88. The average Bonchev–Trinajstić information content (AvgIpc) is 2.02. The van der Waals surface area contributed by atoms with Crippen LogP contribution in [0.3, 0.4) is 0 Å². The van der Waals surface area contributed by atoms with E-state index < -0.39 is 10.0 Å². The second-order valence-electron chi connectivity index (χ2n) is 3.68. The fourth-order valence-electron chi connectivity index (χ4n) is 1.89. The maximum absolute atomic E-state index is 11.0. The summed E-state index contributed by atoms with van der Waals surface area (Å²) in [6, 6.07) is 0.372. The first-order valence-corrected chi connectivity index (χ1v) is 6.56. The van der Waals surface area contributed by atoms with Crippen molar-refractivity contribution in [2.45, 2.75) is 37.8 Å². The van der Waals surface area contributed by atoms with Crippen LogP contribution in [-0.2, 0) is 10.0 Å². The fourth-order valence-corrected chi connectivity index (χ4v) is 2.72. The van der Waals surface area contributed by atoms with Crippen LogP contribution in [0.5, 0.6) is 0 Å². The third kappa shape index (κ3) is 3.62. The molecule has 1 fully saturated rings. The molecule has 1 aliphatic carbocycles. The van der Waals surface area contributed by atoms with Crippen LogP contribution >= 0.6 is 0 Å². The average molecular weight is 206 g/mol. The molecule has 0 aromatic carbocycles. The van der Waals surface area contributed by atoms with Gasteiger partial charge in [-0.15, -0.1) is 0 Å². The van der Waals surface area contributed by atoms with E-state index in [1.54, 1.807) is 0 Å². The van der Waals surface area contributed by atoms with E-state index in [0.717, 1.165) is 19.3 Å². The van der Waals surface area contributed by atoms with Gasteiger partial charge in [-0.25, -0.2) is 13.1 Å². The van der Waals surface area contributed by atoms with Gasteiger partial charge in [-0.2, -0.15) is 0 Å². The molecule has 78 valence electrons. The number of hydrogen-bond acceptors (Lipinski definition) is 3. The maximum atomic E-state index is 11.0. The predicted molar refractivity (Wildman–Crippen MR) is 53.1 cm³/mol. The number of rotatable bonds is 3. The van der Waals surface area contributed by atoms with Crippen molar-refractivity contribution in [3.8, 4) is 0 Å². The lowest BCUT2D eigenvalue weighted by atomic mass is 9.91. The molecule has 0 aliphatic heterocycles. The Morgan fingerprint density at radius 3 is 2.15 bits per heavy atom. The van der Waals surface area contributed by atoms with Crippen LogP contribution in [0.15, 0.2) is 0 Å². The van der Waals surface area contributed by atoms with Gasteiger partial charge in [0.05, 0.1) is 6.26 Å². The zero-order valence-electron chi connectivity index (χ0n) is 8.21. The number of nitrogens with one attached hydrogen (secondary N) is 2. The van der Waals surface area contributed by atoms with Gasteiger partial charge in [0.1, 0.15) is 0 Å². The Balaban J connectivity index is 2.55. The van der Waals surface area contributed by atoms with Crippen LogP contribution in [-0.4, -0.2) is 33.8 Å². The predicted octanol–water partition coefficient (Wildman–Crippen LogP) is 0.0662. The van der Waals surface area contributed by atoms with Gasteiger partial charge in [0, 0.05) is 12.1 Å². The van der Waals surface area contributed by atoms with Gasteiger partial charge in [0.15, 0.2) is 0 Å². The topological polar surface area (TPSA) is 58.2 Å². The molecule has 0 amide bonds. The molecule has 2 atom stereocenters. The number of likely N-dealkylation sites (N-methyl/N-ethyl adjacent to an activating group) is 1. The van der Waals surface area contributed by atoms with Crippen molar-refractivity contribution in [1.82, 2.24) is 10.0 Å². The minimum atomic E-state index is -3.06. The van der Waals surface area contributed by atoms with E-state index in [0.29, 0.717) is 6.04 Å². The van der Waals surface area contributed by atoms with Crippen molar-refractivity contribution in [2.24, 2.45) is 0 Å². The summed E-state index contributed by atoms with van der Waals surface area (Å²) in [5.74, 6) is 0. The van der Waals surface area contributed by atoms with E-state index in [1.165, 1.54) is 12.7 Å². The van der Waals surface area contributed by atoms with Crippen molar-refractivity contribution in [1.29, 1.82) is 0 Å². The molecule has 1 aliphatic rings. The molecular weight excluding hydrogens is 188 g/mol. The van der Waals surface area contributed by atoms with Gasteiger partial charge in [-0.3, -0.25) is 0 Å². The minimum Gasteiger partial charge on any atom is -0.315 e. The van der Waals surface area contributed by atoms with E-state index in [2.05, 4.69) is 10.0 Å². The summed E-state index contributed by atoms with van der Waals surface area (Å²) >= 11 is 0. The van der Waals surface area contributed by atoms with E-state index in [1.807, 2.05) is 7.05 Å². The molecule has 0 heterocycles. The summed E-state index contributed by atoms with van der Waals surface area (Å²) < 4.78 is 24.7. The third-order valence-corrected chi connectivity index (χ3v) is 3.23. The second-order valence-corrected chi connectivity index (χ2v) is 5.46. The molecular formula is C8H18N2O2S. The molecule has 0 spiro atoms. The standard InChI is InChI=1S/C8H18N2O2S/c1-9-7-5-3-4-6-8(7)10-13(2,11)12/h7-10H,3-6H2,1-2H3. The van der Waals surface area contributed by atoms with Crippen molar-refractivity contribution >= 4 is 10.0 Å². The molecule has 0 aromatic heterocycles. The summed E-state index contributed by atoms with van der Waals surface area (Å²) in [5.41, 5.74) is 0. The van der Waals surface area contributed by atoms with Gasteiger partial charge in [0.2, 0.25) is 10.0 Å². The van der Waals surface area contributed by atoms with Gasteiger partial charge < -0.3 is 5.32 Å². The largest absolute Gasteiger partial charge is 0.315 e. The van der Waals surface area contributed by atoms with Crippen LogP contribution in [0.2, 0.25) is 0 Å². The highest BCUT2D eigenvalue weighted by Gasteiger charge is 2.25. The van der Waals surface area contributed by atoms with Crippen molar-refractivity contribution in [2.75, 3.05) is 13.3 Å². The minimum absolute atomic E-state index is 0.0775. The van der Waals surface area contributed by atoms with Crippen molar-refractivity contribution in [3.63, 3.8) is 0 Å². The van der Waals surface area contributed by atoms with Crippen LogP contribution in [0.4, 0.5) is 0 Å². The Hall–Kier alpha value is -0.130. The smallest absolute Gasteiger partial charge is 0.209 e. The number of sulfonamides is 1. The van der Waals surface area contributed by atoms with E-state index in [9.17, 15) is 8.42 Å². The van der Waals surface area contributed by atoms with Crippen LogP contribution in [0.25, 0.3) is 0 Å². The summed E-state index contributed by atoms with van der Waals surface area (Å²) in [7, 11) is -1.17. The summed E-state index contributed by atoms with van der Waals surface area (Å²) in [4.78, 5) is 0. The quantitative estimate of drug-likeness (QED) is 0.687. The summed E-state index contributed by atoms with van der Waals surface area (Å²) in [6.45, 7) is 0. The molecule has 0 aromatic rings. The normalized spacial score (nSPS) is 30.3. The molecule has 0 saturated heterocycles. The number of hydrogen-bond donors (Lipinski definition) is 2. The zero-order chi connectivity index (χ0) is 9.90. The van der Waals surface area contributed by atoms with Gasteiger partial charge in [-0.05, 0) is 19.9 Å². The molecule has 0 radical (unpaired) electrons. The lowest BCUT2D eigenvalue weighted by Crippen LogP contribution is -2.50. The molecule has 13 heavy (non-hydrogen) atoms. The highest BCUT2D eigenvalue weighted by atomic mass is 32.2. The molecule has 2 N–H and O–H groups in total. The Bertz CT molecular complexity index is 251. The molecule has 2 unspecified atom stereocenters. The summed E-state index contributed by atoms with van der Waals surface area (Å²) in [6.07, 6.45) is 5.52. The van der Waals surface area contributed by atoms with Gasteiger partial charge in [0.25, 0.3) is 0 Å². The first kappa shape index (κ1) is 10.9. The monoisotopic (exact) mass is 206 g/mol. The summed E-state index contributed by atoms with van der Waals surface area (Å²) in [5, 5.41) is 3.15. The van der Waals surface area contributed by atoms with Gasteiger partial charge >= 0.3 is 0 Å². The first-order chi connectivity index (χ1) is 6.03. The Morgan fingerprint density at radius 2 is 1.69 bits per heavy atom. The SMILES string of the molecule is CNC1CCCCC1NS(C)(=O)=O. The van der Waals surface area contributed by atoms with Crippen molar-refractivity contribution < 1.29 is 8.42 Å². The van der Waals surface area contributed by atoms with Crippen molar-refractivity contribution in [3.05, 3.63) is 0 Å². The molecule has 5 heteroatoms. The van der Waals surface area contributed by atoms with Crippen LogP contribution in [0, 0.1) is 0 Å². The molecule has 0 bridgehead atoms. The van der Waals surface area contributed by atoms with Crippen LogP contribution in [0.1, 0.15) is 25.7 Å². The second kappa shape index (κ2) is 4.39. The lowest BCUT2D eigenvalue weighted by molar-refractivity contribution is 0.325.